The van der Waals surface area contributed by atoms with Crippen LogP contribution in [0.25, 0.3) is 0 Å². The van der Waals surface area contributed by atoms with E-state index in [0.29, 0.717) is 23.1 Å². The van der Waals surface area contributed by atoms with Crippen LogP contribution in [0.3, 0.4) is 0 Å². The van der Waals surface area contributed by atoms with E-state index in [-0.39, 0.29) is 0 Å². The molecule has 4 nitrogen and oxygen atoms in total. The highest BCUT2D eigenvalue weighted by atomic mass is 127. The molecule has 0 aliphatic carbocycles. The molecule has 0 fully saturated rings. The number of hydrogen-bond donors (Lipinski definition) is 1. The number of para-hydroxylation sites is 2. The lowest BCUT2D eigenvalue weighted by Gasteiger charge is -2.21. The highest BCUT2D eigenvalue weighted by Crippen LogP contribution is 2.47. The van der Waals surface area contributed by atoms with Crippen molar-refractivity contribution < 1.29 is 13.6 Å². The van der Waals surface area contributed by atoms with Crippen LogP contribution < -0.4 is 14.1 Å². The first-order valence-corrected chi connectivity index (χ1v) is 11.3. The number of rotatable bonds is 10. The van der Waals surface area contributed by atoms with Gasteiger partial charge in [0.1, 0.15) is 11.5 Å². The molecule has 1 unspecified atom stereocenters. The van der Waals surface area contributed by atoms with Crippen LogP contribution in [-0.2, 0) is 4.57 Å². The second-order valence-electron chi connectivity index (χ2n) is 5.51. The third-order valence-corrected chi connectivity index (χ3v) is 6.13. The van der Waals surface area contributed by atoms with Gasteiger partial charge in [-0.15, -0.1) is 0 Å². The highest BCUT2D eigenvalue weighted by Gasteiger charge is 2.29. The van der Waals surface area contributed by atoms with Crippen LogP contribution in [0.2, 0.25) is 5.02 Å². The van der Waals surface area contributed by atoms with Crippen molar-refractivity contribution in [1.82, 2.24) is 5.09 Å². The minimum Gasteiger partial charge on any atom is -0.403 e. The molecule has 0 aliphatic rings. The topological polar surface area (TPSA) is 47.6 Å². The van der Waals surface area contributed by atoms with Crippen molar-refractivity contribution in [3.05, 3.63) is 57.1 Å². The summed E-state index contributed by atoms with van der Waals surface area (Å²) in [5, 5.41) is 3.35. The van der Waals surface area contributed by atoms with Crippen molar-refractivity contribution in [3.8, 4) is 11.5 Å². The van der Waals surface area contributed by atoms with Crippen LogP contribution in [0, 0.1) is 3.57 Å². The van der Waals surface area contributed by atoms with Gasteiger partial charge in [0, 0.05) is 6.54 Å². The summed E-state index contributed by atoms with van der Waals surface area (Å²) in [6.45, 7) is 2.70. The maximum absolute atomic E-state index is 13.3. The first-order chi connectivity index (χ1) is 12.0. The van der Waals surface area contributed by atoms with Gasteiger partial charge in [-0.1, -0.05) is 62.1 Å². The first kappa shape index (κ1) is 20.6. The van der Waals surface area contributed by atoms with Crippen molar-refractivity contribution in [1.29, 1.82) is 0 Å². The fourth-order valence-electron chi connectivity index (χ4n) is 2.15. The monoisotopic (exact) mass is 493 g/mol. The van der Waals surface area contributed by atoms with E-state index in [1.54, 1.807) is 30.3 Å². The zero-order valence-electron chi connectivity index (χ0n) is 14.1. The Morgan fingerprint density at radius 3 is 2.32 bits per heavy atom. The number of unbranched alkanes of at least 4 members (excludes halogenated alkanes) is 3. The molecule has 0 spiro atoms. The summed E-state index contributed by atoms with van der Waals surface area (Å²) in [5.74, 6) is 0.846. The van der Waals surface area contributed by atoms with E-state index in [4.69, 9.17) is 20.6 Å². The van der Waals surface area contributed by atoms with E-state index in [2.05, 4.69) is 34.6 Å². The summed E-state index contributed by atoms with van der Waals surface area (Å²) in [6, 6.07) is 14.3. The molecule has 136 valence electrons. The molecule has 0 amide bonds. The SMILES string of the molecule is CCCCCCNP(=O)(Oc1ccccc1Cl)Oc1ccccc1I. The lowest BCUT2D eigenvalue weighted by atomic mass is 10.2. The van der Waals surface area contributed by atoms with Crippen molar-refractivity contribution in [3.63, 3.8) is 0 Å². The van der Waals surface area contributed by atoms with Crippen LogP contribution in [0.1, 0.15) is 32.6 Å². The molecule has 2 aromatic rings. The first-order valence-electron chi connectivity index (χ1n) is 8.27. The quantitative estimate of drug-likeness (QED) is 0.228. The smallest absolute Gasteiger partial charge is 0.403 e. The van der Waals surface area contributed by atoms with Crippen molar-refractivity contribution in [2.24, 2.45) is 0 Å². The Hall–Kier alpha value is -0.750. The standard InChI is InChI=1S/C18H22ClINO3P/c1-2-3-4-9-14-21-25(22,23-17-12-7-5-10-15(17)19)24-18-13-8-6-11-16(18)20/h5-8,10-13H,2-4,9,14H2,1H3,(H,21,22). The molecule has 0 bridgehead atoms. The van der Waals surface area contributed by atoms with E-state index in [0.717, 1.165) is 29.3 Å². The molecule has 7 heteroatoms. The molecular weight excluding hydrogens is 472 g/mol. The van der Waals surface area contributed by atoms with Gasteiger partial charge < -0.3 is 9.05 Å². The predicted octanol–water partition coefficient (Wildman–Crippen LogP) is 6.68. The molecular formula is C18H22ClINO3P. The second-order valence-corrected chi connectivity index (χ2v) is 8.76. The van der Waals surface area contributed by atoms with Gasteiger partial charge in [-0.25, -0.2) is 9.65 Å². The van der Waals surface area contributed by atoms with Gasteiger partial charge >= 0.3 is 7.75 Å². The van der Waals surface area contributed by atoms with Gasteiger partial charge in [0.25, 0.3) is 0 Å². The maximum Gasteiger partial charge on any atom is 0.512 e. The Kier molecular flexibility index (Phi) is 8.56. The normalized spacial score (nSPS) is 13.2. The van der Waals surface area contributed by atoms with Gasteiger partial charge in [-0.05, 0) is 53.3 Å². The lowest BCUT2D eigenvalue weighted by molar-refractivity contribution is 0.369. The Balaban J connectivity index is 2.14. The van der Waals surface area contributed by atoms with E-state index >= 15 is 0 Å². The minimum absolute atomic E-state index is 0.333. The van der Waals surface area contributed by atoms with Gasteiger partial charge in [0.15, 0.2) is 0 Å². The largest absolute Gasteiger partial charge is 0.512 e. The third-order valence-electron chi connectivity index (χ3n) is 3.45. The Bertz CT molecular complexity index is 677. The summed E-state index contributed by atoms with van der Waals surface area (Å²) in [6.07, 6.45) is 4.26. The van der Waals surface area contributed by atoms with E-state index in [1.165, 1.54) is 0 Å². The van der Waals surface area contributed by atoms with E-state index in [1.807, 2.05) is 18.2 Å². The van der Waals surface area contributed by atoms with Crippen LogP contribution in [-0.4, -0.2) is 6.54 Å². The van der Waals surface area contributed by atoms with Crippen molar-refractivity contribution in [2.45, 2.75) is 32.6 Å². The van der Waals surface area contributed by atoms with Crippen LogP contribution in [0.4, 0.5) is 0 Å². The van der Waals surface area contributed by atoms with Crippen molar-refractivity contribution in [2.75, 3.05) is 6.54 Å². The molecule has 2 rings (SSSR count). The van der Waals surface area contributed by atoms with E-state index < -0.39 is 7.75 Å². The number of benzene rings is 2. The molecule has 0 aliphatic heterocycles. The number of halogens is 2. The van der Waals surface area contributed by atoms with Gasteiger partial charge in [0.05, 0.1) is 8.59 Å². The zero-order chi connectivity index (χ0) is 18.1. The van der Waals surface area contributed by atoms with Crippen molar-refractivity contribution >= 4 is 41.9 Å². The molecule has 0 saturated heterocycles. The number of nitrogens with one attached hydrogen (secondary N) is 1. The van der Waals surface area contributed by atoms with Gasteiger partial charge in [-0.2, -0.15) is 0 Å². The molecule has 0 aromatic heterocycles. The van der Waals surface area contributed by atoms with Crippen LogP contribution in [0.5, 0.6) is 11.5 Å². The Morgan fingerprint density at radius 1 is 1.00 bits per heavy atom. The van der Waals surface area contributed by atoms with Gasteiger partial charge in [-0.3, -0.25) is 0 Å². The van der Waals surface area contributed by atoms with Crippen LogP contribution in [0.15, 0.2) is 48.5 Å². The summed E-state index contributed by atoms with van der Waals surface area (Å²) in [4.78, 5) is 0. The Labute approximate surface area is 168 Å². The fourth-order valence-corrected chi connectivity index (χ4v) is 4.48. The van der Waals surface area contributed by atoms with Crippen LogP contribution >= 0.6 is 41.9 Å². The predicted molar refractivity (Wildman–Crippen MR) is 112 cm³/mol. The summed E-state index contributed by atoms with van der Waals surface area (Å²) < 4.78 is 25.6. The maximum atomic E-state index is 13.3. The Morgan fingerprint density at radius 2 is 1.64 bits per heavy atom. The summed E-state index contributed by atoms with van der Waals surface area (Å²) in [5.41, 5.74) is 0. The molecule has 2 aromatic carbocycles. The highest BCUT2D eigenvalue weighted by molar-refractivity contribution is 14.1. The summed E-state index contributed by atoms with van der Waals surface area (Å²) >= 11 is 8.27. The fraction of sp³-hybridized carbons (Fsp3) is 0.333. The lowest BCUT2D eigenvalue weighted by Crippen LogP contribution is -2.20. The number of hydrogen-bond acceptors (Lipinski definition) is 3. The molecule has 1 N–H and O–H groups in total. The van der Waals surface area contributed by atoms with Gasteiger partial charge in [0.2, 0.25) is 0 Å². The molecule has 0 radical (unpaired) electrons. The minimum atomic E-state index is -3.60. The molecule has 1 atom stereocenters. The third kappa shape index (κ3) is 6.81. The average molecular weight is 494 g/mol. The summed E-state index contributed by atoms with van der Waals surface area (Å²) in [7, 11) is -3.60. The average Bonchev–Trinajstić information content (AvgIpc) is 2.59. The second kappa shape index (κ2) is 10.4. The molecule has 0 saturated carbocycles. The molecule has 25 heavy (non-hydrogen) atoms. The van der Waals surface area contributed by atoms with E-state index in [9.17, 15) is 4.57 Å². The zero-order valence-corrected chi connectivity index (χ0v) is 17.9. The molecule has 0 heterocycles.